The van der Waals surface area contributed by atoms with Gasteiger partial charge in [-0.25, -0.2) is 0 Å². The summed E-state index contributed by atoms with van der Waals surface area (Å²) in [4.78, 5) is 38.5. The summed E-state index contributed by atoms with van der Waals surface area (Å²) in [6.45, 7) is -0.181. The largest absolute Gasteiger partial charge is 0.495 e. The molecule has 2 amide bonds. The number of rotatable bonds is 6. The van der Waals surface area contributed by atoms with E-state index in [4.69, 9.17) is 9.47 Å². The number of anilines is 2. The van der Waals surface area contributed by atoms with Gasteiger partial charge in [-0.2, -0.15) is 0 Å². The summed E-state index contributed by atoms with van der Waals surface area (Å²) < 4.78 is 10.5. The molecule has 156 valence electrons. The van der Waals surface area contributed by atoms with Crippen LogP contribution in [0.2, 0.25) is 0 Å². The number of methoxy groups -OCH3 is 1. The van der Waals surface area contributed by atoms with Crippen molar-refractivity contribution in [3.05, 3.63) is 53.6 Å². The quantitative estimate of drug-likeness (QED) is 0.743. The zero-order chi connectivity index (χ0) is 21.1. The van der Waals surface area contributed by atoms with Gasteiger partial charge in [0.05, 0.1) is 18.7 Å². The second kappa shape index (κ2) is 8.57. The molecule has 0 spiro atoms. The van der Waals surface area contributed by atoms with E-state index in [-0.39, 0.29) is 25.5 Å². The molecule has 1 heterocycles. The van der Waals surface area contributed by atoms with E-state index in [0.717, 1.165) is 19.3 Å². The highest BCUT2D eigenvalue weighted by Gasteiger charge is 2.37. The number of aryl methyl sites for hydroxylation is 2. The van der Waals surface area contributed by atoms with E-state index in [1.54, 1.807) is 18.2 Å². The molecule has 1 aliphatic heterocycles. The highest BCUT2D eigenvalue weighted by Crippen LogP contribution is 2.33. The standard InChI is InChI=1S/C23H24N2O5/c1-29-20-8-3-2-7-19(20)25-13-17(12-22(25)27)23(28)30-14-21(26)24-18-10-9-15-5-4-6-16(15)11-18/h2-3,7-11,17H,4-6,12-14H2,1H3,(H,24,26)/t17-/m1/s1. The molecule has 7 nitrogen and oxygen atoms in total. The minimum absolute atomic E-state index is 0.0450. The molecule has 2 aromatic rings. The van der Waals surface area contributed by atoms with Crippen LogP contribution in [0.5, 0.6) is 5.75 Å². The SMILES string of the molecule is COc1ccccc1N1C[C@H](C(=O)OCC(=O)Nc2ccc3c(c2)CCC3)CC1=O. The first-order valence-electron chi connectivity index (χ1n) is 10.1. The van der Waals surface area contributed by atoms with Crippen molar-refractivity contribution in [2.24, 2.45) is 5.92 Å². The Morgan fingerprint density at radius 3 is 2.77 bits per heavy atom. The number of ether oxygens (including phenoxy) is 2. The fourth-order valence-corrected chi connectivity index (χ4v) is 4.05. The highest BCUT2D eigenvalue weighted by atomic mass is 16.5. The Labute approximate surface area is 175 Å². The van der Waals surface area contributed by atoms with Gasteiger partial charge in [0, 0.05) is 18.7 Å². The van der Waals surface area contributed by atoms with Crippen molar-refractivity contribution in [2.45, 2.75) is 25.7 Å². The Bertz CT molecular complexity index is 987. The number of nitrogens with one attached hydrogen (secondary N) is 1. The smallest absolute Gasteiger partial charge is 0.311 e. The van der Waals surface area contributed by atoms with E-state index < -0.39 is 17.8 Å². The molecule has 1 atom stereocenters. The molecule has 1 aliphatic carbocycles. The second-order valence-electron chi connectivity index (χ2n) is 7.57. The van der Waals surface area contributed by atoms with Crippen LogP contribution in [0.3, 0.4) is 0 Å². The molecule has 2 aliphatic rings. The lowest BCUT2D eigenvalue weighted by Gasteiger charge is -2.19. The van der Waals surface area contributed by atoms with Crippen LogP contribution in [0, 0.1) is 5.92 Å². The van der Waals surface area contributed by atoms with Crippen molar-refractivity contribution in [1.82, 2.24) is 0 Å². The normalized spacial score (nSPS) is 17.6. The molecule has 1 saturated heterocycles. The van der Waals surface area contributed by atoms with E-state index in [1.165, 1.54) is 23.1 Å². The average molecular weight is 408 g/mol. The maximum absolute atomic E-state index is 12.4. The van der Waals surface area contributed by atoms with Gasteiger partial charge < -0.3 is 19.7 Å². The summed E-state index contributed by atoms with van der Waals surface area (Å²) in [5, 5.41) is 2.77. The molecule has 0 radical (unpaired) electrons. The number of amides is 2. The topological polar surface area (TPSA) is 84.9 Å². The number of carbonyl (C=O) groups is 3. The lowest BCUT2D eigenvalue weighted by molar-refractivity contribution is -0.151. The lowest BCUT2D eigenvalue weighted by Crippen LogP contribution is -2.28. The van der Waals surface area contributed by atoms with Gasteiger partial charge in [-0.1, -0.05) is 18.2 Å². The highest BCUT2D eigenvalue weighted by molar-refractivity contribution is 6.01. The Morgan fingerprint density at radius 2 is 1.93 bits per heavy atom. The predicted molar refractivity (Wildman–Crippen MR) is 112 cm³/mol. The van der Waals surface area contributed by atoms with Crippen LogP contribution in [0.25, 0.3) is 0 Å². The van der Waals surface area contributed by atoms with E-state index in [2.05, 4.69) is 5.32 Å². The van der Waals surface area contributed by atoms with Gasteiger partial charge in [-0.3, -0.25) is 14.4 Å². The van der Waals surface area contributed by atoms with E-state index in [0.29, 0.717) is 17.1 Å². The Morgan fingerprint density at radius 1 is 1.13 bits per heavy atom. The predicted octanol–water partition coefficient (Wildman–Crippen LogP) is 2.72. The Kier molecular flexibility index (Phi) is 5.70. The summed E-state index contributed by atoms with van der Waals surface area (Å²) in [6.07, 6.45) is 3.28. The third-order valence-corrected chi connectivity index (χ3v) is 5.56. The number of hydrogen-bond acceptors (Lipinski definition) is 5. The van der Waals surface area contributed by atoms with Crippen molar-refractivity contribution in [1.29, 1.82) is 0 Å². The van der Waals surface area contributed by atoms with Gasteiger partial charge in [0.25, 0.3) is 5.91 Å². The van der Waals surface area contributed by atoms with Crippen LogP contribution < -0.4 is 15.0 Å². The van der Waals surface area contributed by atoms with Crippen LogP contribution in [0.1, 0.15) is 24.0 Å². The third kappa shape index (κ3) is 4.15. The fraction of sp³-hybridized carbons (Fsp3) is 0.348. The molecule has 1 fully saturated rings. The summed E-state index contributed by atoms with van der Waals surface area (Å²) in [7, 11) is 1.53. The van der Waals surface area contributed by atoms with Crippen molar-refractivity contribution >= 4 is 29.2 Å². The van der Waals surface area contributed by atoms with Crippen molar-refractivity contribution in [3.63, 3.8) is 0 Å². The monoisotopic (exact) mass is 408 g/mol. The average Bonchev–Trinajstić information content (AvgIpc) is 3.38. The minimum Gasteiger partial charge on any atom is -0.495 e. The number of benzene rings is 2. The van der Waals surface area contributed by atoms with Gasteiger partial charge >= 0.3 is 5.97 Å². The molecular formula is C23H24N2O5. The minimum atomic E-state index is -0.616. The maximum atomic E-state index is 12.4. The zero-order valence-corrected chi connectivity index (χ0v) is 16.8. The molecule has 30 heavy (non-hydrogen) atoms. The van der Waals surface area contributed by atoms with Crippen LogP contribution >= 0.6 is 0 Å². The van der Waals surface area contributed by atoms with Crippen molar-refractivity contribution in [3.8, 4) is 5.75 Å². The summed E-state index contributed by atoms with van der Waals surface area (Å²) in [5.41, 5.74) is 3.90. The number of esters is 1. The first kappa shape index (κ1) is 19.9. The third-order valence-electron chi connectivity index (χ3n) is 5.56. The van der Waals surface area contributed by atoms with Gasteiger partial charge in [0.1, 0.15) is 5.75 Å². The zero-order valence-electron chi connectivity index (χ0n) is 16.8. The summed E-state index contributed by atoms with van der Waals surface area (Å²) >= 11 is 0. The first-order valence-corrected chi connectivity index (χ1v) is 10.1. The van der Waals surface area contributed by atoms with Crippen LogP contribution in [0.4, 0.5) is 11.4 Å². The number of fused-ring (bicyclic) bond motifs is 1. The second-order valence-corrected chi connectivity index (χ2v) is 7.57. The van der Waals surface area contributed by atoms with Crippen molar-refractivity contribution < 1.29 is 23.9 Å². The first-order chi connectivity index (χ1) is 14.5. The molecule has 4 rings (SSSR count). The summed E-state index contributed by atoms with van der Waals surface area (Å²) in [6, 6.07) is 13.0. The van der Waals surface area contributed by atoms with E-state index in [9.17, 15) is 14.4 Å². The Hall–Kier alpha value is -3.35. The van der Waals surface area contributed by atoms with Gasteiger partial charge in [-0.05, 0) is 54.7 Å². The maximum Gasteiger partial charge on any atom is 0.311 e. The lowest BCUT2D eigenvalue weighted by atomic mass is 10.1. The molecule has 0 bridgehead atoms. The molecule has 2 aromatic carbocycles. The number of para-hydroxylation sites is 2. The molecule has 0 saturated carbocycles. The van der Waals surface area contributed by atoms with Crippen LogP contribution in [-0.2, 0) is 32.0 Å². The van der Waals surface area contributed by atoms with Gasteiger partial charge in [0.2, 0.25) is 5.91 Å². The molecule has 7 heteroatoms. The molecular weight excluding hydrogens is 384 g/mol. The molecule has 1 N–H and O–H groups in total. The number of hydrogen-bond donors (Lipinski definition) is 1. The van der Waals surface area contributed by atoms with Crippen LogP contribution in [-0.4, -0.2) is 38.0 Å². The van der Waals surface area contributed by atoms with E-state index >= 15 is 0 Å². The van der Waals surface area contributed by atoms with Gasteiger partial charge in [-0.15, -0.1) is 0 Å². The molecule has 0 aromatic heterocycles. The number of carbonyl (C=O) groups excluding carboxylic acids is 3. The number of nitrogens with zero attached hydrogens (tertiary/aromatic N) is 1. The molecule has 0 unspecified atom stereocenters. The van der Waals surface area contributed by atoms with Crippen molar-refractivity contribution in [2.75, 3.05) is 30.5 Å². The van der Waals surface area contributed by atoms with Gasteiger partial charge in [0.15, 0.2) is 6.61 Å². The van der Waals surface area contributed by atoms with E-state index in [1.807, 2.05) is 24.3 Å². The summed E-state index contributed by atoms with van der Waals surface area (Å²) in [5.74, 6) is -1.18. The Balaban J connectivity index is 1.31. The van der Waals surface area contributed by atoms with Crippen LogP contribution in [0.15, 0.2) is 42.5 Å². The fourth-order valence-electron chi connectivity index (χ4n) is 4.05.